The van der Waals surface area contributed by atoms with Gasteiger partial charge in [-0.25, -0.2) is 0 Å². The quantitative estimate of drug-likeness (QED) is 0.525. The summed E-state index contributed by atoms with van der Waals surface area (Å²) in [6, 6.07) is 12.0. The van der Waals surface area contributed by atoms with Gasteiger partial charge in [-0.1, -0.05) is 42.9 Å². The van der Waals surface area contributed by atoms with Crippen LogP contribution in [0.3, 0.4) is 0 Å². The lowest BCUT2D eigenvalue weighted by Gasteiger charge is -2.20. The van der Waals surface area contributed by atoms with Crippen molar-refractivity contribution >= 4 is 22.4 Å². The summed E-state index contributed by atoms with van der Waals surface area (Å²) in [5.74, 6) is -0.00878. The Balaban J connectivity index is 1.96. The van der Waals surface area contributed by atoms with Crippen LogP contribution in [0.4, 0.5) is 5.13 Å². The van der Waals surface area contributed by atoms with E-state index in [1.54, 1.807) is 4.90 Å². The Morgan fingerprint density at radius 2 is 1.68 bits per heavy atom. The van der Waals surface area contributed by atoms with Crippen LogP contribution >= 0.6 is 11.3 Å². The van der Waals surface area contributed by atoms with Crippen molar-refractivity contribution in [2.45, 2.75) is 47.5 Å². The molecule has 0 saturated carbocycles. The molecule has 2 aromatic carbocycles. The van der Waals surface area contributed by atoms with Crippen LogP contribution in [0.25, 0.3) is 10.6 Å². The number of hydrogen-bond acceptors (Lipinski definition) is 4. The van der Waals surface area contributed by atoms with Crippen molar-refractivity contribution in [1.82, 2.24) is 10.2 Å². The Labute approximate surface area is 171 Å². The standard InChI is InChI=1S/C23H27N3OS/c1-6-7-12-26(22(27)20-11-9-8-10-15(20)2)23-25-24-21(28-23)19-13-16(3)18(5)17(4)14-19/h8-11,13-14H,6-7,12H2,1-5H3. The van der Waals surface area contributed by atoms with Crippen molar-refractivity contribution in [3.05, 3.63) is 64.2 Å². The molecule has 3 rings (SSSR count). The number of unbranched alkanes of at least 4 members (excludes halogenated alkanes) is 1. The van der Waals surface area contributed by atoms with E-state index in [0.717, 1.165) is 34.5 Å². The first kappa shape index (κ1) is 20.2. The molecule has 28 heavy (non-hydrogen) atoms. The number of carbonyl (C=O) groups is 1. The smallest absolute Gasteiger partial charge is 0.260 e. The van der Waals surface area contributed by atoms with Crippen molar-refractivity contribution in [2.75, 3.05) is 11.4 Å². The predicted molar refractivity (Wildman–Crippen MR) is 117 cm³/mol. The van der Waals surface area contributed by atoms with Crippen molar-refractivity contribution in [3.8, 4) is 10.6 Å². The summed E-state index contributed by atoms with van der Waals surface area (Å²) in [7, 11) is 0. The van der Waals surface area contributed by atoms with Gasteiger partial charge in [-0.05, 0) is 74.6 Å². The SMILES string of the molecule is CCCCN(C(=O)c1ccccc1C)c1nnc(-c2cc(C)c(C)c(C)c2)s1. The molecule has 0 atom stereocenters. The summed E-state index contributed by atoms with van der Waals surface area (Å²) in [6.45, 7) is 11.1. The van der Waals surface area contributed by atoms with Gasteiger partial charge in [-0.3, -0.25) is 9.69 Å². The number of aromatic nitrogens is 2. The zero-order valence-electron chi connectivity index (χ0n) is 17.2. The molecular formula is C23H27N3OS. The lowest BCUT2D eigenvalue weighted by atomic mass is 10.0. The summed E-state index contributed by atoms with van der Waals surface area (Å²) in [4.78, 5) is 15.0. The normalized spacial score (nSPS) is 10.9. The van der Waals surface area contributed by atoms with Crippen molar-refractivity contribution < 1.29 is 4.79 Å². The van der Waals surface area contributed by atoms with Gasteiger partial charge in [0.05, 0.1) is 0 Å². The van der Waals surface area contributed by atoms with Crippen molar-refractivity contribution in [3.63, 3.8) is 0 Å². The minimum absolute atomic E-state index is 0.00878. The monoisotopic (exact) mass is 393 g/mol. The number of amides is 1. The first-order chi connectivity index (χ1) is 13.4. The van der Waals surface area contributed by atoms with Crippen LogP contribution in [0.5, 0.6) is 0 Å². The van der Waals surface area contributed by atoms with Gasteiger partial charge < -0.3 is 0 Å². The highest BCUT2D eigenvalue weighted by atomic mass is 32.1. The third kappa shape index (κ3) is 4.14. The van der Waals surface area contributed by atoms with E-state index >= 15 is 0 Å². The Kier molecular flexibility index (Phi) is 6.25. The highest BCUT2D eigenvalue weighted by Gasteiger charge is 2.23. The number of carbonyl (C=O) groups excluding carboxylic acids is 1. The van der Waals surface area contributed by atoms with Crippen molar-refractivity contribution in [2.24, 2.45) is 0 Å². The van der Waals surface area contributed by atoms with Gasteiger partial charge in [0.1, 0.15) is 5.01 Å². The molecule has 0 bridgehead atoms. The highest BCUT2D eigenvalue weighted by molar-refractivity contribution is 7.18. The molecule has 1 aromatic heterocycles. The summed E-state index contributed by atoms with van der Waals surface area (Å²) in [6.07, 6.45) is 1.94. The molecule has 0 radical (unpaired) electrons. The Hall–Kier alpha value is -2.53. The van der Waals surface area contributed by atoms with Crippen LogP contribution in [0.1, 0.15) is 52.4 Å². The molecule has 0 fully saturated rings. The first-order valence-corrected chi connectivity index (χ1v) is 10.5. The van der Waals surface area contributed by atoms with Gasteiger partial charge in [-0.2, -0.15) is 0 Å². The van der Waals surface area contributed by atoms with Crippen LogP contribution in [0.15, 0.2) is 36.4 Å². The summed E-state index contributed by atoms with van der Waals surface area (Å²) in [5.41, 5.74) is 6.54. The van der Waals surface area contributed by atoms with E-state index in [1.807, 2.05) is 31.2 Å². The van der Waals surface area contributed by atoms with Gasteiger partial charge in [-0.15, -0.1) is 10.2 Å². The fourth-order valence-corrected chi connectivity index (χ4v) is 4.02. The molecule has 0 spiro atoms. The van der Waals surface area contributed by atoms with E-state index in [-0.39, 0.29) is 5.91 Å². The van der Waals surface area contributed by atoms with Crippen LogP contribution < -0.4 is 4.90 Å². The summed E-state index contributed by atoms with van der Waals surface area (Å²) >= 11 is 1.48. The maximum atomic E-state index is 13.2. The maximum Gasteiger partial charge on any atom is 0.260 e. The molecule has 1 heterocycles. The third-order valence-corrected chi connectivity index (χ3v) is 6.17. The molecule has 1 amide bonds. The van der Waals surface area contributed by atoms with Gasteiger partial charge in [0.25, 0.3) is 5.91 Å². The third-order valence-electron chi connectivity index (χ3n) is 5.18. The van der Waals surface area contributed by atoms with Crippen LogP contribution in [0.2, 0.25) is 0 Å². The molecule has 0 aliphatic heterocycles. The van der Waals surface area contributed by atoms with E-state index in [2.05, 4.69) is 50.0 Å². The average molecular weight is 394 g/mol. The van der Waals surface area contributed by atoms with E-state index < -0.39 is 0 Å². The van der Waals surface area contributed by atoms with Gasteiger partial charge in [0.15, 0.2) is 0 Å². The molecule has 0 unspecified atom stereocenters. The minimum Gasteiger partial charge on any atom is -0.283 e. The highest BCUT2D eigenvalue weighted by Crippen LogP contribution is 2.32. The predicted octanol–water partition coefficient (Wildman–Crippen LogP) is 5.89. The van der Waals surface area contributed by atoms with E-state index in [0.29, 0.717) is 11.7 Å². The Morgan fingerprint density at radius 1 is 1.00 bits per heavy atom. The maximum absolute atomic E-state index is 13.2. The lowest BCUT2D eigenvalue weighted by molar-refractivity contribution is 0.0986. The second kappa shape index (κ2) is 8.65. The number of rotatable bonds is 6. The van der Waals surface area contributed by atoms with Crippen LogP contribution in [0, 0.1) is 27.7 Å². The molecule has 0 aliphatic rings. The molecular weight excluding hydrogens is 366 g/mol. The fourth-order valence-electron chi connectivity index (χ4n) is 3.16. The largest absolute Gasteiger partial charge is 0.283 e. The Bertz CT molecular complexity index is 970. The molecule has 0 aliphatic carbocycles. The number of aryl methyl sites for hydroxylation is 3. The van der Waals surface area contributed by atoms with Crippen LogP contribution in [-0.2, 0) is 0 Å². The number of benzene rings is 2. The number of nitrogens with zero attached hydrogens (tertiary/aromatic N) is 3. The summed E-state index contributed by atoms with van der Waals surface area (Å²) in [5, 5.41) is 10.3. The molecule has 0 N–H and O–H groups in total. The topological polar surface area (TPSA) is 46.1 Å². The number of anilines is 1. The van der Waals surface area contributed by atoms with Gasteiger partial charge in [0, 0.05) is 17.7 Å². The molecule has 146 valence electrons. The zero-order valence-corrected chi connectivity index (χ0v) is 18.1. The van der Waals surface area contributed by atoms with Crippen molar-refractivity contribution in [1.29, 1.82) is 0 Å². The van der Waals surface area contributed by atoms with E-state index in [1.165, 1.54) is 28.0 Å². The molecule has 4 nitrogen and oxygen atoms in total. The molecule has 0 saturated heterocycles. The second-order valence-corrected chi connectivity index (χ2v) is 8.21. The van der Waals surface area contributed by atoms with Crippen LogP contribution in [-0.4, -0.2) is 22.6 Å². The Morgan fingerprint density at radius 3 is 2.32 bits per heavy atom. The average Bonchev–Trinajstić information content (AvgIpc) is 3.16. The minimum atomic E-state index is -0.00878. The van der Waals surface area contributed by atoms with E-state index in [9.17, 15) is 4.79 Å². The van der Waals surface area contributed by atoms with Gasteiger partial charge >= 0.3 is 0 Å². The number of hydrogen-bond donors (Lipinski definition) is 0. The summed E-state index contributed by atoms with van der Waals surface area (Å²) < 4.78 is 0. The lowest BCUT2D eigenvalue weighted by Crippen LogP contribution is -2.32. The fraction of sp³-hybridized carbons (Fsp3) is 0.348. The van der Waals surface area contributed by atoms with Gasteiger partial charge in [0.2, 0.25) is 5.13 Å². The molecule has 3 aromatic rings. The van der Waals surface area contributed by atoms with E-state index in [4.69, 9.17) is 0 Å². The second-order valence-electron chi connectivity index (χ2n) is 7.25. The zero-order chi connectivity index (χ0) is 20.3. The first-order valence-electron chi connectivity index (χ1n) is 9.71. The molecule has 5 heteroatoms.